The van der Waals surface area contributed by atoms with E-state index in [-0.39, 0.29) is 23.0 Å². The smallest absolute Gasteiger partial charge is 0.275 e. The van der Waals surface area contributed by atoms with Crippen LogP contribution in [0.15, 0.2) is 47.4 Å². The van der Waals surface area contributed by atoms with E-state index in [0.717, 1.165) is 0 Å². The van der Waals surface area contributed by atoms with Crippen molar-refractivity contribution >= 4 is 22.5 Å². The van der Waals surface area contributed by atoms with E-state index in [9.17, 15) is 14.0 Å². The minimum absolute atomic E-state index is 0.200. The molecule has 1 aromatic carbocycles. The van der Waals surface area contributed by atoms with Crippen molar-refractivity contribution < 1.29 is 9.18 Å². The van der Waals surface area contributed by atoms with Crippen LogP contribution in [-0.2, 0) is 7.05 Å². The number of aromatic nitrogens is 3. The van der Waals surface area contributed by atoms with E-state index in [4.69, 9.17) is 0 Å². The Hall–Kier alpha value is -3.29. The third-order valence-electron chi connectivity index (χ3n) is 4.76. The third kappa shape index (κ3) is 3.14. The van der Waals surface area contributed by atoms with Crippen molar-refractivity contribution in [3.05, 3.63) is 64.5 Å². The SMILES string of the molecule is Cn1nc(C(=O)N2CCN(c3ccc(F)cn3)CC2)c2ccccc2c1=O. The highest BCUT2D eigenvalue weighted by Crippen LogP contribution is 2.18. The van der Waals surface area contributed by atoms with Gasteiger partial charge in [-0.2, -0.15) is 5.10 Å². The van der Waals surface area contributed by atoms with E-state index in [0.29, 0.717) is 42.8 Å². The maximum absolute atomic E-state index is 13.0. The fourth-order valence-electron chi connectivity index (χ4n) is 3.30. The van der Waals surface area contributed by atoms with E-state index in [1.54, 1.807) is 42.3 Å². The van der Waals surface area contributed by atoms with Gasteiger partial charge in [0.1, 0.15) is 11.6 Å². The summed E-state index contributed by atoms with van der Waals surface area (Å²) >= 11 is 0. The van der Waals surface area contributed by atoms with Crippen LogP contribution in [0.5, 0.6) is 0 Å². The van der Waals surface area contributed by atoms with Crippen LogP contribution in [0.3, 0.4) is 0 Å². The van der Waals surface area contributed by atoms with Gasteiger partial charge in [-0.1, -0.05) is 18.2 Å². The first-order valence-electron chi connectivity index (χ1n) is 8.66. The molecule has 1 fully saturated rings. The second kappa shape index (κ2) is 6.79. The zero-order chi connectivity index (χ0) is 19.0. The van der Waals surface area contributed by atoms with Gasteiger partial charge < -0.3 is 9.80 Å². The lowest BCUT2D eigenvalue weighted by molar-refractivity contribution is 0.0740. The number of rotatable bonds is 2. The van der Waals surface area contributed by atoms with Crippen LogP contribution in [0.4, 0.5) is 10.2 Å². The van der Waals surface area contributed by atoms with E-state index < -0.39 is 0 Å². The Morgan fingerprint density at radius 1 is 1.04 bits per heavy atom. The monoisotopic (exact) mass is 367 g/mol. The van der Waals surface area contributed by atoms with Crippen molar-refractivity contribution in [3.8, 4) is 0 Å². The number of piperazine rings is 1. The van der Waals surface area contributed by atoms with Gasteiger partial charge in [-0.3, -0.25) is 9.59 Å². The predicted octanol–water partition coefficient (Wildman–Crippen LogP) is 1.43. The Morgan fingerprint density at radius 2 is 1.74 bits per heavy atom. The topological polar surface area (TPSA) is 71.3 Å². The van der Waals surface area contributed by atoms with Gasteiger partial charge >= 0.3 is 0 Å². The van der Waals surface area contributed by atoms with Crippen LogP contribution in [0.25, 0.3) is 10.8 Å². The molecule has 3 aromatic rings. The van der Waals surface area contributed by atoms with Crippen LogP contribution in [-0.4, -0.2) is 51.8 Å². The molecule has 138 valence electrons. The summed E-state index contributed by atoms with van der Waals surface area (Å²) in [5.74, 6) is 0.114. The van der Waals surface area contributed by atoms with Crippen LogP contribution < -0.4 is 10.5 Å². The number of benzene rings is 1. The summed E-state index contributed by atoms with van der Waals surface area (Å²) in [5, 5.41) is 5.25. The summed E-state index contributed by atoms with van der Waals surface area (Å²) < 4.78 is 14.2. The van der Waals surface area contributed by atoms with Gasteiger partial charge in [0, 0.05) is 38.6 Å². The molecule has 1 aliphatic rings. The first kappa shape index (κ1) is 17.1. The van der Waals surface area contributed by atoms with Crippen LogP contribution in [0.2, 0.25) is 0 Å². The molecule has 0 spiro atoms. The van der Waals surface area contributed by atoms with Crippen LogP contribution >= 0.6 is 0 Å². The summed E-state index contributed by atoms with van der Waals surface area (Å²) in [6.45, 7) is 2.18. The highest BCUT2D eigenvalue weighted by Gasteiger charge is 2.26. The zero-order valence-corrected chi connectivity index (χ0v) is 14.8. The van der Waals surface area contributed by atoms with E-state index >= 15 is 0 Å². The quantitative estimate of drug-likeness (QED) is 0.685. The van der Waals surface area contributed by atoms with Crippen molar-refractivity contribution in [3.63, 3.8) is 0 Å². The molecule has 1 aliphatic heterocycles. The fraction of sp³-hybridized carbons (Fsp3) is 0.263. The molecule has 0 unspecified atom stereocenters. The van der Waals surface area contributed by atoms with Gasteiger partial charge in [0.25, 0.3) is 11.5 Å². The van der Waals surface area contributed by atoms with Gasteiger partial charge in [0.15, 0.2) is 5.69 Å². The molecule has 1 amide bonds. The van der Waals surface area contributed by atoms with Crippen molar-refractivity contribution in [1.82, 2.24) is 19.7 Å². The molecule has 4 rings (SSSR count). The molecule has 3 heterocycles. The lowest BCUT2D eigenvalue weighted by Gasteiger charge is -2.35. The Kier molecular flexibility index (Phi) is 4.31. The summed E-state index contributed by atoms with van der Waals surface area (Å²) in [4.78, 5) is 33.1. The van der Waals surface area contributed by atoms with Gasteiger partial charge in [-0.25, -0.2) is 14.1 Å². The largest absolute Gasteiger partial charge is 0.353 e. The number of aryl methyl sites for hydroxylation is 1. The van der Waals surface area contributed by atoms with Gasteiger partial charge in [-0.15, -0.1) is 0 Å². The molecule has 0 saturated carbocycles. The standard InChI is InChI=1S/C19H18FN5O2/c1-23-18(26)15-5-3-2-4-14(15)17(22-23)19(27)25-10-8-24(9-11-25)16-7-6-13(20)12-21-16/h2-7,12H,8-11H2,1H3. The average molecular weight is 367 g/mol. The molecule has 0 radical (unpaired) electrons. The van der Waals surface area contributed by atoms with Gasteiger partial charge in [0.2, 0.25) is 0 Å². The maximum atomic E-state index is 13.0. The van der Waals surface area contributed by atoms with Gasteiger partial charge in [0.05, 0.1) is 11.6 Å². The molecule has 8 heteroatoms. The van der Waals surface area contributed by atoms with E-state index in [2.05, 4.69) is 10.1 Å². The average Bonchev–Trinajstić information content (AvgIpc) is 2.71. The number of carbonyl (C=O) groups is 1. The van der Waals surface area contributed by atoms with E-state index in [1.807, 2.05) is 4.90 Å². The van der Waals surface area contributed by atoms with Crippen LogP contribution in [0, 0.1) is 5.82 Å². The zero-order valence-electron chi connectivity index (χ0n) is 14.8. The number of carbonyl (C=O) groups excluding carboxylic acids is 1. The molecule has 0 aliphatic carbocycles. The van der Waals surface area contributed by atoms with E-state index in [1.165, 1.54) is 16.9 Å². The molecule has 0 N–H and O–H groups in total. The third-order valence-corrected chi connectivity index (χ3v) is 4.76. The second-order valence-electron chi connectivity index (χ2n) is 6.44. The number of fused-ring (bicyclic) bond motifs is 1. The highest BCUT2D eigenvalue weighted by molar-refractivity contribution is 6.04. The summed E-state index contributed by atoms with van der Waals surface area (Å²) in [5.41, 5.74) is 0.0513. The summed E-state index contributed by atoms with van der Waals surface area (Å²) in [6.07, 6.45) is 1.19. The lowest BCUT2D eigenvalue weighted by Crippen LogP contribution is -2.49. The number of nitrogens with zero attached hydrogens (tertiary/aromatic N) is 5. The number of pyridine rings is 1. The Balaban J connectivity index is 1.57. The molecular weight excluding hydrogens is 349 g/mol. The van der Waals surface area contributed by atoms with Crippen LogP contribution in [0.1, 0.15) is 10.5 Å². The molecule has 2 aromatic heterocycles. The molecular formula is C19H18FN5O2. The molecule has 0 bridgehead atoms. The van der Waals surface area contributed by atoms with Crippen molar-refractivity contribution in [1.29, 1.82) is 0 Å². The summed E-state index contributed by atoms with van der Waals surface area (Å²) in [7, 11) is 1.55. The highest BCUT2D eigenvalue weighted by atomic mass is 19.1. The lowest BCUT2D eigenvalue weighted by atomic mass is 10.1. The van der Waals surface area contributed by atoms with Crippen molar-refractivity contribution in [2.45, 2.75) is 0 Å². The Labute approximate surface area is 154 Å². The number of halogens is 1. The second-order valence-corrected chi connectivity index (χ2v) is 6.44. The Morgan fingerprint density at radius 3 is 2.41 bits per heavy atom. The van der Waals surface area contributed by atoms with Gasteiger partial charge in [-0.05, 0) is 18.2 Å². The normalized spacial score (nSPS) is 14.6. The minimum Gasteiger partial charge on any atom is -0.353 e. The number of amides is 1. The number of hydrogen-bond donors (Lipinski definition) is 0. The van der Waals surface area contributed by atoms with Crippen molar-refractivity contribution in [2.24, 2.45) is 7.05 Å². The number of anilines is 1. The minimum atomic E-state index is -0.375. The Bertz CT molecular complexity index is 1060. The number of hydrogen-bond acceptors (Lipinski definition) is 5. The van der Waals surface area contributed by atoms with Crippen molar-refractivity contribution in [2.75, 3.05) is 31.1 Å². The fourth-order valence-corrected chi connectivity index (χ4v) is 3.30. The molecule has 0 atom stereocenters. The summed E-state index contributed by atoms with van der Waals surface area (Å²) in [6, 6.07) is 10.0. The first-order chi connectivity index (χ1) is 13.0. The molecule has 1 saturated heterocycles. The molecule has 7 nitrogen and oxygen atoms in total. The predicted molar refractivity (Wildman–Crippen MR) is 99.3 cm³/mol. The maximum Gasteiger partial charge on any atom is 0.275 e. The first-order valence-corrected chi connectivity index (χ1v) is 8.66. The molecule has 27 heavy (non-hydrogen) atoms.